The molecule has 0 bridgehead atoms. The maximum absolute atomic E-state index is 13.4. The van der Waals surface area contributed by atoms with Crippen LogP contribution in [-0.4, -0.2) is 37.1 Å². The SMILES string of the molecule is O=S(=O)(Cc1cc(F)cc(F)c1)CC1CN(C(c2ccncc2)c2ccc(Cl)cc2)C1. The van der Waals surface area contributed by atoms with Gasteiger partial charge in [0.1, 0.15) is 11.6 Å². The molecular weight excluding hydrogens is 442 g/mol. The van der Waals surface area contributed by atoms with E-state index in [-0.39, 0.29) is 29.0 Å². The number of sulfone groups is 1. The quantitative estimate of drug-likeness (QED) is 0.513. The first kappa shape index (κ1) is 21.9. The standard InChI is InChI=1S/C23H21ClF2N2O2S/c24-20-3-1-18(2-4-20)23(19-5-7-27-8-6-19)28-12-17(13-28)15-31(29,30)14-16-9-21(25)11-22(26)10-16/h1-11,17,23H,12-15H2. The van der Waals surface area contributed by atoms with Crippen LogP contribution in [0.25, 0.3) is 0 Å². The van der Waals surface area contributed by atoms with Crippen LogP contribution >= 0.6 is 11.6 Å². The summed E-state index contributed by atoms with van der Waals surface area (Å²) in [6.45, 7) is 1.21. The fourth-order valence-electron chi connectivity index (χ4n) is 4.10. The Kier molecular flexibility index (Phi) is 6.36. The molecule has 1 aliphatic heterocycles. The molecule has 162 valence electrons. The Hall–Kier alpha value is -2.35. The third-order valence-electron chi connectivity index (χ3n) is 5.36. The molecule has 31 heavy (non-hydrogen) atoms. The molecule has 4 nitrogen and oxygen atoms in total. The fraction of sp³-hybridized carbons (Fsp3) is 0.261. The first-order chi connectivity index (χ1) is 14.8. The summed E-state index contributed by atoms with van der Waals surface area (Å²) in [6.07, 6.45) is 3.47. The molecule has 4 rings (SSSR count). The average Bonchev–Trinajstić information content (AvgIpc) is 2.67. The maximum atomic E-state index is 13.4. The van der Waals surface area contributed by atoms with Gasteiger partial charge >= 0.3 is 0 Å². The minimum absolute atomic E-state index is 0.0225. The summed E-state index contributed by atoms with van der Waals surface area (Å²) >= 11 is 6.03. The first-order valence-electron chi connectivity index (χ1n) is 9.84. The highest BCUT2D eigenvalue weighted by atomic mass is 35.5. The molecule has 0 amide bonds. The van der Waals surface area contributed by atoms with Gasteiger partial charge in [-0.25, -0.2) is 17.2 Å². The predicted octanol–water partition coefficient (Wildman–Crippen LogP) is 4.65. The number of benzene rings is 2. The summed E-state index contributed by atoms with van der Waals surface area (Å²) in [5.41, 5.74) is 2.26. The van der Waals surface area contributed by atoms with Gasteiger partial charge in [0.2, 0.25) is 0 Å². The van der Waals surface area contributed by atoms with Crippen LogP contribution in [0.4, 0.5) is 8.78 Å². The Morgan fingerprint density at radius 3 is 2.16 bits per heavy atom. The number of nitrogens with zero attached hydrogens (tertiary/aromatic N) is 2. The van der Waals surface area contributed by atoms with E-state index in [1.807, 2.05) is 36.4 Å². The van der Waals surface area contributed by atoms with E-state index in [0.29, 0.717) is 18.1 Å². The van der Waals surface area contributed by atoms with Crippen LogP contribution < -0.4 is 0 Å². The summed E-state index contributed by atoms with van der Waals surface area (Å²) in [6, 6.07) is 14.3. The van der Waals surface area contributed by atoms with E-state index in [1.54, 1.807) is 12.4 Å². The summed E-state index contributed by atoms with van der Waals surface area (Å²) in [4.78, 5) is 6.29. The van der Waals surface area contributed by atoms with Gasteiger partial charge < -0.3 is 0 Å². The van der Waals surface area contributed by atoms with Crippen LogP contribution in [0.15, 0.2) is 67.0 Å². The van der Waals surface area contributed by atoms with E-state index in [2.05, 4.69) is 9.88 Å². The van der Waals surface area contributed by atoms with Crippen molar-refractivity contribution in [2.45, 2.75) is 11.8 Å². The second-order valence-corrected chi connectivity index (χ2v) is 10.4. The van der Waals surface area contributed by atoms with Crippen LogP contribution in [-0.2, 0) is 15.6 Å². The monoisotopic (exact) mass is 462 g/mol. The van der Waals surface area contributed by atoms with Gasteiger partial charge in [0, 0.05) is 36.6 Å². The van der Waals surface area contributed by atoms with Crippen molar-refractivity contribution in [2.75, 3.05) is 18.8 Å². The number of hydrogen-bond acceptors (Lipinski definition) is 4. The van der Waals surface area contributed by atoms with E-state index in [1.165, 1.54) is 0 Å². The zero-order valence-electron chi connectivity index (χ0n) is 16.6. The number of aromatic nitrogens is 1. The lowest BCUT2D eigenvalue weighted by atomic mass is 9.91. The molecular formula is C23H21ClF2N2O2S. The Balaban J connectivity index is 1.45. The molecule has 1 aromatic heterocycles. The molecule has 1 atom stereocenters. The molecule has 2 heterocycles. The van der Waals surface area contributed by atoms with Crippen molar-refractivity contribution >= 4 is 21.4 Å². The molecule has 0 N–H and O–H groups in total. The fourth-order valence-corrected chi connectivity index (χ4v) is 5.94. The molecule has 1 fully saturated rings. The van der Waals surface area contributed by atoms with Crippen LogP contribution in [0, 0.1) is 17.6 Å². The van der Waals surface area contributed by atoms with Crippen molar-refractivity contribution in [3.8, 4) is 0 Å². The number of likely N-dealkylation sites (tertiary alicyclic amines) is 1. The van der Waals surface area contributed by atoms with Gasteiger partial charge in [-0.05, 0) is 59.0 Å². The van der Waals surface area contributed by atoms with Crippen molar-refractivity contribution in [3.05, 3.63) is 100 Å². The van der Waals surface area contributed by atoms with Crippen LogP contribution in [0.5, 0.6) is 0 Å². The largest absolute Gasteiger partial charge is 0.292 e. The second kappa shape index (κ2) is 9.02. The van der Waals surface area contributed by atoms with E-state index in [0.717, 1.165) is 29.3 Å². The molecule has 1 saturated heterocycles. The van der Waals surface area contributed by atoms with Crippen LogP contribution in [0.1, 0.15) is 22.7 Å². The third-order valence-corrected chi connectivity index (χ3v) is 7.36. The number of rotatable bonds is 7. The zero-order valence-corrected chi connectivity index (χ0v) is 18.2. The van der Waals surface area contributed by atoms with Crippen molar-refractivity contribution in [1.82, 2.24) is 9.88 Å². The van der Waals surface area contributed by atoms with Gasteiger partial charge in [-0.1, -0.05) is 23.7 Å². The highest BCUT2D eigenvalue weighted by molar-refractivity contribution is 7.90. The number of halogens is 3. The van der Waals surface area contributed by atoms with Gasteiger partial charge in [-0.3, -0.25) is 9.88 Å². The van der Waals surface area contributed by atoms with Gasteiger partial charge in [-0.2, -0.15) is 0 Å². The second-order valence-electron chi connectivity index (χ2n) is 7.89. The minimum Gasteiger partial charge on any atom is -0.292 e. The average molecular weight is 463 g/mol. The van der Waals surface area contributed by atoms with Crippen molar-refractivity contribution in [1.29, 1.82) is 0 Å². The Bertz CT molecular complexity index is 1130. The van der Waals surface area contributed by atoms with Crippen molar-refractivity contribution in [3.63, 3.8) is 0 Å². The molecule has 0 saturated carbocycles. The van der Waals surface area contributed by atoms with E-state index in [9.17, 15) is 17.2 Å². The maximum Gasteiger partial charge on any atom is 0.154 e. The van der Waals surface area contributed by atoms with E-state index in [4.69, 9.17) is 11.6 Å². The Labute approximate surface area is 185 Å². The van der Waals surface area contributed by atoms with Gasteiger partial charge in [0.25, 0.3) is 0 Å². The lowest BCUT2D eigenvalue weighted by Gasteiger charge is -2.44. The summed E-state index contributed by atoms with van der Waals surface area (Å²) in [7, 11) is -3.50. The predicted molar refractivity (Wildman–Crippen MR) is 116 cm³/mol. The normalized spacial score (nSPS) is 16.1. The molecule has 0 spiro atoms. The van der Waals surface area contributed by atoms with E-state index >= 15 is 0 Å². The van der Waals surface area contributed by atoms with Gasteiger partial charge in [-0.15, -0.1) is 0 Å². The topological polar surface area (TPSA) is 50.3 Å². The summed E-state index contributed by atoms with van der Waals surface area (Å²) in [5.74, 6) is -1.99. The lowest BCUT2D eigenvalue weighted by Crippen LogP contribution is -2.51. The van der Waals surface area contributed by atoms with Crippen LogP contribution in [0.3, 0.4) is 0 Å². The molecule has 1 unspecified atom stereocenters. The molecule has 0 aliphatic carbocycles. The summed E-state index contributed by atoms with van der Waals surface area (Å²) in [5, 5.41) is 0.651. The third kappa shape index (κ3) is 5.47. The van der Waals surface area contributed by atoms with Crippen LogP contribution in [0.2, 0.25) is 5.02 Å². The molecule has 8 heteroatoms. The summed E-state index contributed by atoms with van der Waals surface area (Å²) < 4.78 is 51.9. The highest BCUT2D eigenvalue weighted by Gasteiger charge is 2.36. The van der Waals surface area contributed by atoms with Gasteiger partial charge in [0.05, 0.1) is 17.5 Å². The number of pyridine rings is 1. The van der Waals surface area contributed by atoms with Crippen molar-refractivity contribution < 1.29 is 17.2 Å². The Morgan fingerprint density at radius 1 is 0.968 bits per heavy atom. The Morgan fingerprint density at radius 2 is 1.55 bits per heavy atom. The molecule has 1 aliphatic rings. The molecule has 0 radical (unpaired) electrons. The zero-order chi connectivity index (χ0) is 22.0. The lowest BCUT2D eigenvalue weighted by molar-refractivity contribution is 0.0812. The van der Waals surface area contributed by atoms with Crippen molar-refractivity contribution in [2.24, 2.45) is 5.92 Å². The smallest absolute Gasteiger partial charge is 0.154 e. The molecule has 2 aromatic carbocycles. The number of hydrogen-bond donors (Lipinski definition) is 0. The molecule has 3 aromatic rings. The van der Waals surface area contributed by atoms with E-state index < -0.39 is 21.5 Å². The first-order valence-corrected chi connectivity index (χ1v) is 12.0. The minimum atomic E-state index is -3.50. The van der Waals surface area contributed by atoms with Gasteiger partial charge in [0.15, 0.2) is 9.84 Å². The highest BCUT2D eigenvalue weighted by Crippen LogP contribution is 2.35.